The number of amides is 2. The summed E-state index contributed by atoms with van der Waals surface area (Å²) in [4.78, 5) is 37.3. The van der Waals surface area contributed by atoms with E-state index in [0.717, 1.165) is 23.3 Å². The molecule has 1 aromatic carbocycles. The Kier molecular flexibility index (Phi) is 5.60. The molecule has 27 heavy (non-hydrogen) atoms. The summed E-state index contributed by atoms with van der Waals surface area (Å²) in [5.41, 5.74) is 7.45. The van der Waals surface area contributed by atoms with E-state index in [0.29, 0.717) is 23.4 Å². The number of aryl methyl sites for hydroxylation is 1. The van der Waals surface area contributed by atoms with Crippen LogP contribution in [-0.2, 0) is 9.59 Å². The van der Waals surface area contributed by atoms with Crippen LogP contribution in [0.3, 0.4) is 0 Å². The molecule has 0 radical (unpaired) electrons. The second-order valence-electron chi connectivity index (χ2n) is 6.79. The Balaban J connectivity index is 1.94. The second kappa shape index (κ2) is 7.92. The number of nitrogens with two attached hydrogens (primary N) is 1. The first-order valence-corrected chi connectivity index (χ1v) is 9.74. The number of nitrogens with one attached hydrogen (secondary N) is 1. The van der Waals surface area contributed by atoms with E-state index in [4.69, 9.17) is 5.73 Å². The number of hydrogen-bond donors (Lipinski definition) is 3. The summed E-state index contributed by atoms with van der Waals surface area (Å²) in [5, 5.41) is 12.6. The number of carbonyl (C=O) groups excluding carboxylic acids is 2. The van der Waals surface area contributed by atoms with Gasteiger partial charge in [0.25, 0.3) is 5.91 Å². The SMILES string of the molecule is Cc1sc(NC(=O)[C@H]2CCCC[C@H]2C(=O)O)c(C(N)=O)c1-c1ccccc1. The minimum absolute atomic E-state index is 0.278. The molecule has 0 saturated heterocycles. The highest BCUT2D eigenvalue weighted by Crippen LogP contribution is 2.40. The van der Waals surface area contributed by atoms with Crippen molar-refractivity contribution in [2.75, 3.05) is 5.32 Å². The zero-order valence-electron chi connectivity index (χ0n) is 15.0. The van der Waals surface area contributed by atoms with Crippen LogP contribution >= 0.6 is 11.3 Å². The summed E-state index contributed by atoms with van der Waals surface area (Å²) >= 11 is 1.29. The molecule has 1 aromatic heterocycles. The molecule has 0 aliphatic heterocycles. The lowest BCUT2D eigenvalue weighted by molar-refractivity contribution is -0.147. The summed E-state index contributed by atoms with van der Waals surface area (Å²) < 4.78 is 0. The van der Waals surface area contributed by atoms with Gasteiger partial charge in [0.15, 0.2) is 0 Å². The second-order valence-corrected chi connectivity index (χ2v) is 8.02. The predicted octanol–water partition coefficient (Wildman–Crippen LogP) is 3.65. The van der Waals surface area contributed by atoms with Crippen molar-refractivity contribution in [2.24, 2.45) is 17.6 Å². The molecule has 6 nitrogen and oxygen atoms in total. The third kappa shape index (κ3) is 3.88. The van der Waals surface area contributed by atoms with E-state index in [1.807, 2.05) is 37.3 Å². The maximum atomic E-state index is 12.8. The molecule has 0 spiro atoms. The minimum atomic E-state index is -0.947. The Morgan fingerprint density at radius 3 is 2.33 bits per heavy atom. The number of carboxylic acids is 1. The number of thiophene rings is 1. The number of benzene rings is 1. The molecule has 1 heterocycles. The summed E-state index contributed by atoms with van der Waals surface area (Å²) in [6.07, 6.45) is 2.66. The first-order valence-electron chi connectivity index (χ1n) is 8.92. The summed E-state index contributed by atoms with van der Waals surface area (Å²) in [6, 6.07) is 9.39. The molecule has 142 valence electrons. The molecule has 2 aromatic rings. The number of carbonyl (C=O) groups is 3. The van der Waals surface area contributed by atoms with Gasteiger partial charge in [0.05, 0.1) is 17.4 Å². The van der Waals surface area contributed by atoms with Gasteiger partial charge < -0.3 is 16.2 Å². The number of primary amides is 1. The molecule has 3 rings (SSSR count). The first kappa shape index (κ1) is 19.1. The van der Waals surface area contributed by atoms with E-state index in [1.165, 1.54) is 11.3 Å². The number of carboxylic acid groups (broad SMARTS) is 1. The highest BCUT2D eigenvalue weighted by atomic mass is 32.1. The Bertz CT molecular complexity index is 876. The van der Waals surface area contributed by atoms with Crippen molar-refractivity contribution in [1.82, 2.24) is 0 Å². The zero-order chi connectivity index (χ0) is 19.6. The summed E-state index contributed by atoms with van der Waals surface area (Å²) in [7, 11) is 0. The standard InChI is InChI=1S/C20H22N2O4S/c1-11-15(12-7-3-2-4-8-12)16(17(21)23)19(27-11)22-18(24)13-9-5-6-10-14(13)20(25)26/h2-4,7-8,13-14H,5-6,9-10H2,1H3,(H2,21,23)(H,22,24)(H,25,26)/t13-,14+/m0/s1. The Hall–Kier alpha value is -2.67. The van der Waals surface area contributed by atoms with Gasteiger partial charge in [0.2, 0.25) is 5.91 Å². The summed E-state index contributed by atoms with van der Waals surface area (Å²) in [5.74, 6) is -3.21. The molecular formula is C20H22N2O4S. The molecule has 0 unspecified atom stereocenters. The van der Waals surface area contributed by atoms with Gasteiger partial charge in [-0.1, -0.05) is 43.2 Å². The highest BCUT2D eigenvalue weighted by Gasteiger charge is 2.36. The summed E-state index contributed by atoms with van der Waals surface area (Å²) in [6.45, 7) is 1.87. The van der Waals surface area contributed by atoms with Gasteiger partial charge in [0, 0.05) is 10.4 Å². The van der Waals surface area contributed by atoms with Crippen LogP contribution in [-0.4, -0.2) is 22.9 Å². The fourth-order valence-electron chi connectivity index (χ4n) is 3.77. The lowest BCUT2D eigenvalue weighted by atomic mass is 9.78. The third-order valence-electron chi connectivity index (χ3n) is 5.05. The number of rotatable bonds is 5. The lowest BCUT2D eigenvalue weighted by Crippen LogP contribution is -2.36. The molecular weight excluding hydrogens is 364 g/mol. The number of hydrogen-bond acceptors (Lipinski definition) is 4. The van der Waals surface area contributed by atoms with E-state index in [1.54, 1.807) is 0 Å². The molecule has 1 fully saturated rings. The van der Waals surface area contributed by atoms with Crippen molar-refractivity contribution in [1.29, 1.82) is 0 Å². The van der Waals surface area contributed by atoms with E-state index in [2.05, 4.69) is 5.32 Å². The number of aliphatic carboxylic acids is 1. The highest BCUT2D eigenvalue weighted by molar-refractivity contribution is 7.17. The molecule has 7 heteroatoms. The third-order valence-corrected chi connectivity index (χ3v) is 6.07. The van der Waals surface area contributed by atoms with Gasteiger partial charge in [0.1, 0.15) is 5.00 Å². The lowest BCUT2D eigenvalue weighted by Gasteiger charge is -2.27. The Labute approximate surface area is 161 Å². The van der Waals surface area contributed by atoms with Gasteiger partial charge in [-0.05, 0) is 25.3 Å². The van der Waals surface area contributed by atoms with E-state index in [9.17, 15) is 19.5 Å². The van der Waals surface area contributed by atoms with Crippen molar-refractivity contribution < 1.29 is 19.5 Å². The van der Waals surface area contributed by atoms with E-state index >= 15 is 0 Å². The van der Waals surface area contributed by atoms with Crippen molar-refractivity contribution in [3.63, 3.8) is 0 Å². The van der Waals surface area contributed by atoms with Gasteiger partial charge in [-0.3, -0.25) is 14.4 Å². The van der Waals surface area contributed by atoms with Crippen molar-refractivity contribution >= 4 is 34.1 Å². The van der Waals surface area contributed by atoms with Crippen LogP contribution in [0.1, 0.15) is 40.9 Å². The van der Waals surface area contributed by atoms with Crippen LogP contribution in [0, 0.1) is 18.8 Å². The predicted molar refractivity (Wildman–Crippen MR) is 105 cm³/mol. The molecule has 1 aliphatic carbocycles. The molecule has 1 aliphatic rings. The van der Waals surface area contributed by atoms with Crippen molar-refractivity contribution in [3.05, 3.63) is 40.8 Å². The van der Waals surface area contributed by atoms with Gasteiger partial charge in [-0.2, -0.15) is 0 Å². The fraction of sp³-hybridized carbons (Fsp3) is 0.350. The maximum Gasteiger partial charge on any atom is 0.307 e. The van der Waals surface area contributed by atoms with Crippen molar-refractivity contribution in [3.8, 4) is 11.1 Å². The fourth-order valence-corrected chi connectivity index (χ4v) is 4.85. The smallest absolute Gasteiger partial charge is 0.307 e. The van der Waals surface area contributed by atoms with Crippen LogP contribution in [0.15, 0.2) is 30.3 Å². The van der Waals surface area contributed by atoms with E-state index in [-0.39, 0.29) is 11.5 Å². The van der Waals surface area contributed by atoms with Gasteiger partial charge >= 0.3 is 5.97 Å². The van der Waals surface area contributed by atoms with E-state index < -0.39 is 23.7 Å². The molecule has 1 saturated carbocycles. The van der Waals surface area contributed by atoms with Gasteiger partial charge in [-0.15, -0.1) is 11.3 Å². The average molecular weight is 386 g/mol. The average Bonchev–Trinajstić information content (AvgIpc) is 2.98. The first-order chi connectivity index (χ1) is 12.9. The minimum Gasteiger partial charge on any atom is -0.481 e. The Morgan fingerprint density at radius 2 is 1.74 bits per heavy atom. The van der Waals surface area contributed by atoms with Crippen LogP contribution < -0.4 is 11.1 Å². The number of anilines is 1. The van der Waals surface area contributed by atoms with Crippen LogP contribution in [0.2, 0.25) is 0 Å². The van der Waals surface area contributed by atoms with Gasteiger partial charge in [-0.25, -0.2) is 0 Å². The molecule has 4 N–H and O–H groups in total. The molecule has 0 bridgehead atoms. The molecule has 2 amide bonds. The monoisotopic (exact) mass is 386 g/mol. The van der Waals surface area contributed by atoms with Crippen LogP contribution in [0.25, 0.3) is 11.1 Å². The van der Waals surface area contributed by atoms with Crippen LogP contribution in [0.5, 0.6) is 0 Å². The van der Waals surface area contributed by atoms with Crippen molar-refractivity contribution in [2.45, 2.75) is 32.6 Å². The zero-order valence-corrected chi connectivity index (χ0v) is 15.8. The molecule has 2 atom stereocenters. The maximum absolute atomic E-state index is 12.8. The quantitative estimate of drug-likeness (QED) is 0.728. The Morgan fingerprint density at radius 1 is 1.11 bits per heavy atom. The topological polar surface area (TPSA) is 109 Å². The normalized spacial score (nSPS) is 19.4. The van der Waals surface area contributed by atoms with Crippen LogP contribution in [0.4, 0.5) is 5.00 Å². The largest absolute Gasteiger partial charge is 0.481 e.